The highest BCUT2D eigenvalue weighted by atomic mass is 32.1. The van der Waals surface area contributed by atoms with Gasteiger partial charge in [0.1, 0.15) is 5.00 Å². The lowest BCUT2D eigenvalue weighted by Gasteiger charge is -2.20. The predicted octanol–water partition coefficient (Wildman–Crippen LogP) is 5.63. The van der Waals surface area contributed by atoms with Gasteiger partial charge in [-0.05, 0) is 72.8 Å². The van der Waals surface area contributed by atoms with Crippen LogP contribution < -0.4 is 10.2 Å². The molecular weight excluding hydrogens is 418 g/mol. The van der Waals surface area contributed by atoms with Gasteiger partial charge >= 0.3 is 0 Å². The van der Waals surface area contributed by atoms with Crippen molar-refractivity contribution in [2.45, 2.75) is 26.9 Å². The molecule has 6 heteroatoms. The van der Waals surface area contributed by atoms with Crippen molar-refractivity contribution in [3.63, 3.8) is 0 Å². The van der Waals surface area contributed by atoms with Crippen molar-refractivity contribution in [2.24, 2.45) is 0 Å². The van der Waals surface area contributed by atoms with Crippen molar-refractivity contribution in [3.8, 4) is 0 Å². The molecule has 1 aliphatic rings. The fourth-order valence-electron chi connectivity index (χ4n) is 4.23. The number of hydrogen-bond donors (Lipinski definition) is 1. The maximum atomic E-state index is 13.4. The Morgan fingerprint density at radius 1 is 0.906 bits per heavy atom. The Morgan fingerprint density at radius 2 is 1.66 bits per heavy atom. The number of hydrogen-bond acceptors (Lipinski definition) is 3. The van der Waals surface area contributed by atoms with Gasteiger partial charge in [-0.2, -0.15) is 0 Å². The first-order valence-electron chi connectivity index (χ1n) is 10.5. The molecule has 32 heavy (non-hydrogen) atoms. The fourth-order valence-corrected chi connectivity index (χ4v) is 5.15. The molecule has 0 aliphatic carbocycles. The van der Waals surface area contributed by atoms with E-state index in [2.05, 4.69) is 28.2 Å². The highest BCUT2D eigenvalue weighted by Gasteiger charge is 2.26. The van der Waals surface area contributed by atoms with Gasteiger partial charge in [-0.1, -0.05) is 18.2 Å². The van der Waals surface area contributed by atoms with Crippen molar-refractivity contribution in [3.05, 3.63) is 106 Å². The maximum absolute atomic E-state index is 13.4. The number of amides is 2. The molecule has 0 saturated heterocycles. The molecule has 5 rings (SSSR count). The summed E-state index contributed by atoms with van der Waals surface area (Å²) in [6.45, 7) is 5.17. The summed E-state index contributed by atoms with van der Waals surface area (Å²) in [6.07, 6.45) is 2.05. The number of rotatable bonds is 3. The van der Waals surface area contributed by atoms with Gasteiger partial charge in [0.15, 0.2) is 0 Å². The summed E-state index contributed by atoms with van der Waals surface area (Å²) in [6, 6.07) is 19.1. The number of carbonyl (C=O) groups is 2. The fraction of sp³-hybridized carbons (Fsp3) is 0.154. The first kappa shape index (κ1) is 20.3. The minimum absolute atomic E-state index is 0.0454. The summed E-state index contributed by atoms with van der Waals surface area (Å²) in [5.74, 6) is -0.188. The molecule has 160 valence electrons. The lowest BCUT2D eigenvalue weighted by molar-refractivity contribution is 0.0984. The van der Waals surface area contributed by atoms with E-state index in [4.69, 9.17) is 0 Å². The molecule has 2 aromatic heterocycles. The normalized spacial score (nSPS) is 12.6. The first-order valence-corrected chi connectivity index (χ1v) is 11.4. The lowest BCUT2D eigenvalue weighted by Crippen LogP contribution is -2.29. The summed E-state index contributed by atoms with van der Waals surface area (Å²) in [7, 11) is 0. The van der Waals surface area contributed by atoms with Crippen molar-refractivity contribution >= 4 is 33.8 Å². The van der Waals surface area contributed by atoms with E-state index in [1.54, 1.807) is 35.6 Å². The Kier molecular flexibility index (Phi) is 5.15. The minimum atomic E-state index is -0.142. The van der Waals surface area contributed by atoms with E-state index >= 15 is 0 Å². The number of benzene rings is 2. The third kappa shape index (κ3) is 3.63. The molecule has 4 aromatic rings. The smallest absolute Gasteiger partial charge is 0.259 e. The van der Waals surface area contributed by atoms with E-state index in [1.165, 1.54) is 0 Å². The van der Waals surface area contributed by atoms with Gasteiger partial charge in [-0.3, -0.25) is 14.5 Å². The molecule has 0 radical (unpaired) electrons. The summed E-state index contributed by atoms with van der Waals surface area (Å²) in [5, 5.41) is 5.98. The van der Waals surface area contributed by atoms with Crippen molar-refractivity contribution < 1.29 is 9.59 Å². The van der Waals surface area contributed by atoms with Crippen LogP contribution >= 0.6 is 11.3 Å². The van der Waals surface area contributed by atoms with Crippen LogP contribution in [-0.4, -0.2) is 16.4 Å². The highest BCUT2D eigenvalue weighted by Crippen LogP contribution is 2.34. The van der Waals surface area contributed by atoms with E-state index in [-0.39, 0.29) is 11.8 Å². The summed E-state index contributed by atoms with van der Waals surface area (Å²) < 4.78 is 2.19. The molecular formula is C26H23N3O2S. The number of carbonyl (C=O) groups excluding carboxylic acids is 2. The van der Waals surface area contributed by atoms with Crippen LogP contribution in [0.2, 0.25) is 0 Å². The standard InChI is InChI=1S/C26H23N3O2S/c1-17-5-3-6-18(2)23(17)24(30)27-21-10-8-19(9-11-21)25(31)29-16-22-7-4-13-28(22)15-20-12-14-32-26(20)29/h3-14H,15-16H2,1-2H3,(H,27,30). The Balaban J connectivity index is 1.38. The first-order chi connectivity index (χ1) is 15.5. The van der Waals surface area contributed by atoms with Crippen molar-refractivity contribution in [2.75, 3.05) is 10.2 Å². The molecule has 2 aromatic carbocycles. The number of fused-ring (bicyclic) bond motifs is 2. The Hall–Kier alpha value is -3.64. The molecule has 0 bridgehead atoms. The maximum Gasteiger partial charge on any atom is 0.259 e. The third-order valence-corrected chi connectivity index (χ3v) is 6.87. The minimum Gasteiger partial charge on any atom is -0.345 e. The second-order valence-corrected chi connectivity index (χ2v) is 8.96. The summed E-state index contributed by atoms with van der Waals surface area (Å²) in [5.41, 5.74) is 6.07. The number of nitrogens with zero attached hydrogens (tertiary/aromatic N) is 2. The van der Waals surface area contributed by atoms with Crippen molar-refractivity contribution in [1.82, 2.24) is 4.57 Å². The molecule has 3 heterocycles. The zero-order valence-corrected chi connectivity index (χ0v) is 18.8. The summed E-state index contributed by atoms with van der Waals surface area (Å²) in [4.78, 5) is 28.0. The van der Waals surface area contributed by atoms with E-state index in [9.17, 15) is 9.59 Å². The second-order valence-electron chi connectivity index (χ2n) is 8.07. The van der Waals surface area contributed by atoms with Gasteiger partial charge in [-0.25, -0.2) is 0 Å². The number of anilines is 2. The molecule has 1 N–H and O–H groups in total. The van der Waals surface area contributed by atoms with Crippen LogP contribution in [0.15, 0.2) is 72.2 Å². The van der Waals surface area contributed by atoms with Gasteiger partial charge in [0.25, 0.3) is 11.8 Å². The molecule has 0 saturated carbocycles. The zero-order valence-electron chi connectivity index (χ0n) is 18.0. The molecule has 1 aliphatic heterocycles. The Morgan fingerprint density at radius 3 is 2.41 bits per heavy atom. The quantitative estimate of drug-likeness (QED) is 0.448. The van der Waals surface area contributed by atoms with Crippen molar-refractivity contribution in [1.29, 1.82) is 0 Å². The van der Waals surface area contributed by atoms with Crippen LogP contribution in [0.25, 0.3) is 0 Å². The number of nitrogens with one attached hydrogen (secondary N) is 1. The van der Waals surface area contributed by atoms with Crippen LogP contribution in [0.4, 0.5) is 10.7 Å². The zero-order chi connectivity index (χ0) is 22.2. The SMILES string of the molecule is Cc1cccc(C)c1C(=O)Nc1ccc(C(=O)N2Cc3cccn3Cc3ccsc32)cc1. The number of aromatic nitrogens is 1. The molecule has 0 unspecified atom stereocenters. The second kappa shape index (κ2) is 8.13. The molecule has 0 atom stereocenters. The van der Waals surface area contributed by atoms with E-state index in [0.29, 0.717) is 23.4 Å². The third-order valence-electron chi connectivity index (χ3n) is 5.90. The van der Waals surface area contributed by atoms with Gasteiger partial charge in [0.05, 0.1) is 13.1 Å². The van der Waals surface area contributed by atoms with Crippen LogP contribution in [0.1, 0.15) is 43.1 Å². The van der Waals surface area contributed by atoms with E-state index in [0.717, 1.165) is 33.9 Å². The average molecular weight is 442 g/mol. The number of aryl methyl sites for hydroxylation is 2. The molecule has 0 fully saturated rings. The van der Waals surface area contributed by atoms with Crippen LogP contribution in [-0.2, 0) is 13.1 Å². The van der Waals surface area contributed by atoms with Gasteiger partial charge in [-0.15, -0.1) is 11.3 Å². The van der Waals surface area contributed by atoms with Gasteiger partial charge in [0, 0.05) is 34.3 Å². The van der Waals surface area contributed by atoms with Crippen LogP contribution in [0, 0.1) is 13.8 Å². The number of thiophene rings is 1. The monoisotopic (exact) mass is 441 g/mol. The topological polar surface area (TPSA) is 54.3 Å². The molecule has 0 spiro atoms. The average Bonchev–Trinajstić information content (AvgIpc) is 3.39. The lowest BCUT2D eigenvalue weighted by atomic mass is 10.0. The summed E-state index contributed by atoms with van der Waals surface area (Å²) >= 11 is 1.59. The Labute approximate surface area is 190 Å². The van der Waals surface area contributed by atoms with Crippen LogP contribution in [0.5, 0.6) is 0 Å². The molecule has 2 amide bonds. The van der Waals surface area contributed by atoms with E-state index in [1.807, 2.05) is 48.4 Å². The predicted molar refractivity (Wildman–Crippen MR) is 129 cm³/mol. The largest absolute Gasteiger partial charge is 0.345 e. The van der Waals surface area contributed by atoms with Gasteiger partial charge < -0.3 is 9.88 Å². The Bertz CT molecular complexity index is 1300. The molecule has 5 nitrogen and oxygen atoms in total. The van der Waals surface area contributed by atoms with E-state index < -0.39 is 0 Å². The van der Waals surface area contributed by atoms with Gasteiger partial charge in [0.2, 0.25) is 0 Å². The highest BCUT2D eigenvalue weighted by molar-refractivity contribution is 7.14. The van der Waals surface area contributed by atoms with Crippen LogP contribution in [0.3, 0.4) is 0 Å².